The van der Waals surface area contributed by atoms with Gasteiger partial charge in [-0.3, -0.25) is 4.90 Å². The minimum absolute atomic E-state index is 0.642. The zero-order valence-corrected chi connectivity index (χ0v) is 12.3. The van der Waals surface area contributed by atoms with E-state index in [-0.39, 0.29) is 0 Å². The van der Waals surface area contributed by atoms with Crippen molar-refractivity contribution < 1.29 is 0 Å². The van der Waals surface area contributed by atoms with Gasteiger partial charge in [0.05, 0.1) is 10.7 Å². The van der Waals surface area contributed by atoms with Crippen molar-refractivity contribution in [1.82, 2.24) is 19.6 Å². The number of imidazole rings is 1. The average Bonchev–Trinajstić information content (AvgIpc) is 3.08. The fraction of sp³-hybridized carbons (Fsp3) is 0.533. The van der Waals surface area contributed by atoms with E-state index in [1.165, 1.54) is 19.6 Å². The van der Waals surface area contributed by atoms with E-state index in [0.29, 0.717) is 6.04 Å². The van der Waals surface area contributed by atoms with Gasteiger partial charge in [0.25, 0.3) is 0 Å². The number of fused-ring (bicyclic) bond motifs is 2. The Kier molecular flexibility index (Phi) is 2.98. The Bertz CT molecular complexity index is 638. The first kappa shape index (κ1) is 12.6. The molecule has 2 saturated heterocycles. The summed E-state index contributed by atoms with van der Waals surface area (Å²) in [5, 5.41) is 4.25. The van der Waals surface area contributed by atoms with Crippen molar-refractivity contribution >= 4 is 17.2 Å². The average molecular weight is 291 g/mol. The Balaban J connectivity index is 1.55. The van der Waals surface area contributed by atoms with Crippen LogP contribution in [0.3, 0.4) is 0 Å². The molecular formula is C15H19ClN4. The van der Waals surface area contributed by atoms with Crippen LogP contribution in [0, 0.1) is 11.8 Å². The first-order chi connectivity index (χ1) is 9.70. The fourth-order valence-electron chi connectivity index (χ4n) is 3.77. The molecule has 0 aliphatic carbocycles. The van der Waals surface area contributed by atoms with E-state index in [4.69, 9.17) is 16.6 Å². The number of rotatable bonds is 2. The highest BCUT2D eigenvalue weighted by molar-refractivity contribution is 6.30. The van der Waals surface area contributed by atoms with E-state index in [1.807, 2.05) is 22.7 Å². The Morgan fingerprint density at radius 3 is 3.10 bits per heavy atom. The van der Waals surface area contributed by atoms with Gasteiger partial charge in [-0.1, -0.05) is 11.6 Å². The quantitative estimate of drug-likeness (QED) is 0.919. The third-order valence-electron chi connectivity index (χ3n) is 4.89. The van der Waals surface area contributed by atoms with Crippen LogP contribution in [0.5, 0.6) is 0 Å². The smallest absolute Gasteiger partial charge is 0.137 e. The first-order valence-corrected chi connectivity index (χ1v) is 7.66. The second-order valence-corrected chi connectivity index (χ2v) is 6.53. The van der Waals surface area contributed by atoms with Gasteiger partial charge in [-0.05, 0) is 44.0 Å². The van der Waals surface area contributed by atoms with E-state index in [2.05, 4.69) is 23.3 Å². The second-order valence-electron chi connectivity index (χ2n) is 6.10. The highest BCUT2D eigenvalue weighted by Gasteiger charge is 2.41. The molecule has 3 unspecified atom stereocenters. The molecule has 0 aromatic carbocycles. The summed E-state index contributed by atoms with van der Waals surface area (Å²) in [5.74, 6) is 1.62. The van der Waals surface area contributed by atoms with Crippen LogP contribution in [0.15, 0.2) is 24.5 Å². The standard InChI is InChI=1S/C15H19ClN4/c1-10-14-5-17-4-11(14)6-19(10)8-13-9-20-7-12(16)2-3-15(20)18-13/h2-3,7,9-11,14,17H,4-6,8H2,1H3. The summed E-state index contributed by atoms with van der Waals surface area (Å²) in [6, 6.07) is 4.50. The first-order valence-electron chi connectivity index (χ1n) is 7.28. The highest BCUT2D eigenvalue weighted by Crippen LogP contribution is 2.33. The molecule has 2 aromatic rings. The Hall–Kier alpha value is -1.10. The van der Waals surface area contributed by atoms with Crippen molar-refractivity contribution in [2.45, 2.75) is 19.5 Å². The van der Waals surface area contributed by atoms with Crippen molar-refractivity contribution in [3.05, 3.63) is 35.2 Å². The molecule has 0 saturated carbocycles. The van der Waals surface area contributed by atoms with Crippen LogP contribution in [-0.2, 0) is 6.54 Å². The van der Waals surface area contributed by atoms with Gasteiger partial charge in [0.2, 0.25) is 0 Å². The Morgan fingerprint density at radius 1 is 1.35 bits per heavy atom. The van der Waals surface area contributed by atoms with Crippen molar-refractivity contribution in [1.29, 1.82) is 0 Å². The lowest BCUT2D eigenvalue weighted by Gasteiger charge is -2.23. The maximum Gasteiger partial charge on any atom is 0.137 e. The summed E-state index contributed by atoms with van der Waals surface area (Å²) in [6.07, 6.45) is 4.01. The van der Waals surface area contributed by atoms with E-state index in [0.717, 1.165) is 34.7 Å². The molecule has 2 aliphatic rings. The summed E-state index contributed by atoms with van der Waals surface area (Å²) >= 11 is 6.02. The monoisotopic (exact) mass is 290 g/mol. The van der Waals surface area contributed by atoms with Gasteiger partial charge in [-0.25, -0.2) is 4.98 Å². The molecule has 1 N–H and O–H groups in total. The van der Waals surface area contributed by atoms with E-state index < -0.39 is 0 Å². The number of likely N-dealkylation sites (tertiary alicyclic amines) is 1. The maximum absolute atomic E-state index is 6.02. The minimum Gasteiger partial charge on any atom is -0.316 e. The number of aromatic nitrogens is 2. The summed E-state index contributed by atoms with van der Waals surface area (Å²) in [5.41, 5.74) is 2.10. The lowest BCUT2D eigenvalue weighted by molar-refractivity contribution is 0.229. The second kappa shape index (κ2) is 4.72. The lowest BCUT2D eigenvalue weighted by atomic mass is 9.95. The van der Waals surface area contributed by atoms with Gasteiger partial charge in [-0.15, -0.1) is 0 Å². The molecule has 0 bridgehead atoms. The zero-order valence-electron chi connectivity index (χ0n) is 11.6. The van der Waals surface area contributed by atoms with E-state index in [9.17, 15) is 0 Å². The molecule has 4 nitrogen and oxygen atoms in total. The molecule has 0 amide bonds. The summed E-state index contributed by atoms with van der Waals surface area (Å²) < 4.78 is 2.01. The normalized spacial score (nSPS) is 30.2. The van der Waals surface area contributed by atoms with Gasteiger partial charge >= 0.3 is 0 Å². The van der Waals surface area contributed by atoms with Crippen molar-refractivity contribution in [3.8, 4) is 0 Å². The topological polar surface area (TPSA) is 32.6 Å². The third kappa shape index (κ3) is 2.03. The SMILES string of the molecule is CC1C2CNCC2CN1Cc1cn2cc(Cl)ccc2n1. The molecule has 4 rings (SSSR count). The zero-order chi connectivity index (χ0) is 13.7. The molecule has 2 aliphatic heterocycles. The molecular weight excluding hydrogens is 272 g/mol. The highest BCUT2D eigenvalue weighted by atomic mass is 35.5. The molecule has 20 heavy (non-hydrogen) atoms. The van der Waals surface area contributed by atoms with Gasteiger partial charge < -0.3 is 9.72 Å². The van der Waals surface area contributed by atoms with Crippen LogP contribution >= 0.6 is 11.6 Å². The van der Waals surface area contributed by atoms with Gasteiger partial charge in [0, 0.05) is 31.5 Å². The summed E-state index contributed by atoms with van der Waals surface area (Å²) in [7, 11) is 0. The van der Waals surface area contributed by atoms with E-state index in [1.54, 1.807) is 0 Å². The van der Waals surface area contributed by atoms with E-state index >= 15 is 0 Å². The Labute approximate surface area is 123 Å². The molecule has 106 valence electrons. The molecule has 0 radical (unpaired) electrons. The number of hydrogen-bond donors (Lipinski definition) is 1. The Morgan fingerprint density at radius 2 is 2.25 bits per heavy atom. The predicted octanol–water partition coefficient (Wildman–Crippen LogP) is 2.03. The third-order valence-corrected chi connectivity index (χ3v) is 5.11. The number of nitrogens with zero attached hydrogens (tertiary/aromatic N) is 3. The van der Waals surface area contributed by atoms with Crippen LogP contribution in [-0.4, -0.2) is 40.0 Å². The molecule has 4 heterocycles. The van der Waals surface area contributed by atoms with Crippen LogP contribution in [0.1, 0.15) is 12.6 Å². The van der Waals surface area contributed by atoms with Crippen LogP contribution in [0.25, 0.3) is 5.65 Å². The number of hydrogen-bond acceptors (Lipinski definition) is 3. The number of pyridine rings is 1. The lowest BCUT2D eigenvalue weighted by Crippen LogP contribution is -2.32. The van der Waals surface area contributed by atoms with Gasteiger partial charge in [0.15, 0.2) is 0 Å². The number of nitrogens with one attached hydrogen (secondary N) is 1. The van der Waals surface area contributed by atoms with Crippen LogP contribution < -0.4 is 5.32 Å². The van der Waals surface area contributed by atoms with Gasteiger partial charge in [-0.2, -0.15) is 0 Å². The summed E-state index contributed by atoms with van der Waals surface area (Å²) in [6.45, 7) is 6.82. The maximum atomic E-state index is 6.02. The molecule has 5 heteroatoms. The van der Waals surface area contributed by atoms with Crippen molar-refractivity contribution in [2.24, 2.45) is 11.8 Å². The predicted molar refractivity (Wildman–Crippen MR) is 79.9 cm³/mol. The van der Waals surface area contributed by atoms with Crippen LogP contribution in [0.4, 0.5) is 0 Å². The van der Waals surface area contributed by atoms with Gasteiger partial charge in [0.1, 0.15) is 5.65 Å². The minimum atomic E-state index is 0.642. The largest absolute Gasteiger partial charge is 0.316 e. The molecule has 2 fully saturated rings. The van der Waals surface area contributed by atoms with Crippen LogP contribution in [0.2, 0.25) is 5.02 Å². The molecule has 2 aromatic heterocycles. The molecule has 3 atom stereocenters. The number of halogens is 1. The fourth-order valence-corrected chi connectivity index (χ4v) is 3.93. The van der Waals surface area contributed by atoms with Crippen molar-refractivity contribution in [2.75, 3.05) is 19.6 Å². The summed E-state index contributed by atoms with van der Waals surface area (Å²) in [4.78, 5) is 7.26. The van der Waals surface area contributed by atoms with Crippen molar-refractivity contribution in [3.63, 3.8) is 0 Å². The molecule has 0 spiro atoms.